The average molecular weight is 290 g/mol. The van der Waals surface area contributed by atoms with E-state index in [1.54, 1.807) is 31.2 Å². The highest BCUT2D eigenvalue weighted by atomic mass is 16.6. The quantitative estimate of drug-likeness (QED) is 0.517. The van der Waals surface area contributed by atoms with Crippen LogP contribution in [0.3, 0.4) is 0 Å². The number of nitro benzene ring substituents is 1. The summed E-state index contributed by atoms with van der Waals surface area (Å²) in [6, 6.07) is 8.13. The van der Waals surface area contributed by atoms with Gasteiger partial charge in [0.15, 0.2) is 0 Å². The molecule has 2 aromatic rings. The second kappa shape index (κ2) is 6.08. The first kappa shape index (κ1) is 14.6. The number of nitro groups is 1. The molecule has 7 heteroatoms. The van der Waals surface area contributed by atoms with Crippen molar-refractivity contribution in [1.82, 2.24) is 0 Å². The van der Waals surface area contributed by atoms with E-state index in [0.717, 1.165) is 0 Å². The van der Waals surface area contributed by atoms with Crippen molar-refractivity contribution in [2.75, 3.05) is 12.4 Å². The Morgan fingerprint density at radius 1 is 1.38 bits per heavy atom. The van der Waals surface area contributed by atoms with Crippen molar-refractivity contribution in [2.24, 2.45) is 0 Å². The number of nitrogens with one attached hydrogen (secondary N) is 1. The number of ether oxygens (including phenoxy) is 1. The number of aryl methyl sites for hydroxylation is 1. The normalized spacial score (nSPS) is 10.2. The number of hydrogen-bond donors (Lipinski definition) is 1. The lowest BCUT2D eigenvalue weighted by atomic mass is 10.1. The first-order chi connectivity index (χ1) is 10.0. The van der Waals surface area contributed by atoms with Gasteiger partial charge >= 0.3 is 5.97 Å². The SMILES string of the molecule is COC(=O)c1ccc(CNc2cccc(C)c2[N+](=O)[O-])o1. The number of carbonyl (C=O) groups excluding carboxylic acids is 1. The molecule has 0 radical (unpaired) electrons. The fourth-order valence-electron chi connectivity index (χ4n) is 1.91. The lowest BCUT2D eigenvalue weighted by Gasteiger charge is -2.07. The Labute approximate surface area is 120 Å². The molecule has 1 N–H and O–H groups in total. The van der Waals surface area contributed by atoms with E-state index < -0.39 is 10.9 Å². The molecule has 0 unspecified atom stereocenters. The van der Waals surface area contributed by atoms with Crippen LogP contribution in [0.2, 0.25) is 0 Å². The summed E-state index contributed by atoms with van der Waals surface area (Å²) in [5, 5.41) is 14.0. The van der Waals surface area contributed by atoms with Crippen LogP contribution >= 0.6 is 0 Å². The molecule has 0 saturated carbocycles. The molecular weight excluding hydrogens is 276 g/mol. The van der Waals surface area contributed by atoms with Gasteiger partial charge in [-0.05, 0) is 25.1 Å². The van der Waals surface area contributed by atoms with E-state index >= 15 is 0 Å². The zero-order chi connectivity index (χ0) is 15.4. The van der Waals surface area contributed by atoms with Gasteiger partial charge in [-0.2, -0.15) is 0 Å². The number of carbonyl (C=O) groups is 1. The summed E-state index contributed by atoms with van der Waals surface area (Å²) < 4.78 is 9.82. The Balaban J connectivity index is 2.13. The second-order valence-corrected chi connectivity index (χ2v) is 4.34. The van der Waals surface area contributed by atoms with Crippen LogP contribution in [-0.2, 0) is 11.3 Å². The number of rotatable bonds is 5. The number of nitrogens with zero attached hydrogens (tertiary/aromatic N) is 1. The van der Waals surface area contributed by atoms with Crippen molar-refractivity contribution >= 4 is 17.3 Å². The van der Waals surface area contributed by atoms with Gasteiger partial charge < -0.3 is 14.5 Å². The molecule has 1 aromatic heterocycles. The van der Waals surface area contributed by atoms with Gasteiger partial charge in [0.2, 0.25) is 5.76 Å². The third-order valence-corrected chi connectivity index (χ3v) is 2.92. The van der Waals surface area contributed by atoms with E-state index in [1.807, 2.05) is 0 Å². The van der Waals surface area contributed by atoms with Crippen LogP contribution in [0, 0.1) is 17.0 Å². The zero-order valence-corrected chi connectivity index (χ0v) is 11.6. The van der Waals surface area contributed by atoms with Crippen molar-refractivity contribution in [2.45, 2.75) is 13.5 Å². The Hall–Kier alpha value is -2.83. The minimum atomic E-state index is -0.567. The number of esters is 1. The van der Waals surface area contributed by atoms with Crippen molar-refractivity contribution in [3.63, 3.8) is 0 Å². The maximum Gasteiger partial charge on any atom is 0.373 e. The zero-order valence-electron chi connectivity index (χ0n) is 11.6. The molecule has 7 nitrogen and oxygen atoms in total. The van der Waals surface area contributed by atoms with Gasteiger partial charge in [-0.15, -0.1) is 0 Å². The molecule has 0 bridgehead atoms. The first-order valence-corrected chi connectivity index (χ1v) is 6.18. The summed E-state index contributed by atoms with van der Waals surface area (Å²) >= 11 is 0. The molecule has 0 atom stereocenters. The fraction of sp³-hybridized carbons (Fsp3) is 0.214. The number of benzene rings is 1. The molecule has 0 aliphatic heterocycles. The van der Waals surface area contributed by atoms with Gasteiger partial charge in [0, 0.05) is 5.56 Å². The topological polar surface area (TPSA) is 94.6 Å². The highest BCUT2D eigenvalue weighted by molar-refractivity contribution is 5.86. The van der Waals surface area contributed by atoms with Crippen LogP contribution in [0.4, 0.5) is 11.4 Å². The van der Waals surface area contributed by atoms with Crippen molar-refractivity contribution < 1.29 is 18.9 Å². The number of methoxy groups -OCH3 is 1. The van der Waals surface area contributed by atoms with E-state index in [0.29, 0.717) is 17.0 Å². The van der Waals surface area contributed by atoms with Gasteiger partial charge in [-0.25, -0.2) is 4.79 Å². The van der Waals surface area contributed by atoms with Crippen molar-refractivity contribution in [3.8, 4) is 0 Å². The first-order valence-electron chi connectivity index (χ1n) is 6.18. The summed E-state index contributed by atoms with van der Waals surface area (Å²) in [5.74, 6) is 0.00188. The third-order valence-electron chi connectivity index (χ3n) is 2.92. The molecule has 21 heavy (non-hydrogen) atoms. The van der Waals surface area contributed by atoms with Crippen LogP contribution in [0.15, 0.2) is 34.7 Å². The smallest absolute Gasteiger partial charge is 0.373 e. The molecule has 1 aromatic carbocycles. The van der Waals surface area contributed by atoms with Gasteiger partial charge in [0.25, 0.3) is 5.69 Å². The van der Waals surface area contributed by atoms with E-state index in [9.17, 15) is 14.9 Å². The monoisotopic (exact) mass is 290 g/mol. The standard InChI is InChI=1S/C14H14N2O5/c1-9-4-3-5-11(13(9)16(18)19)15-8-10-6-7-12(21-10)14(17)20-2/h3-7,15H,8H2,1-2H3. The number of para-hydroxylation sites is 1. The maximum atomic E-state index is 11.3. The lowest BCUT2D eigenvalue weighted by molar-refractivity contribution is -0.384. The van der Waals surface area contributed by atoms with E-state index in [1.165, 1.54) is 13.2 Å². The minimum absolute atomic E-state index is 0.0252. The van der Waals surface area contributed by atoms with Gasteiger partial charge in [-0.1, -0.05) is 12.1 Å². The molecule has 0 spiro atoms. The summed E-state index contributed by atoms with van der Waals surface area (Å²) in [5.41, 5.74) is 0.993. The Bertz CT molecular complexity index is 678. The highest BCUT2D eigenvalue weighted by Crippen LogP contribution is 2.28. The van der Waals surface area contributed by atoms with E-state index in [-0.39, 0.29) is 18.0 Å². The molecule has 0 amide bonds. The predicted molar refractivity (Wildman–Crippen MR) is 75.2 cm³/mol. The van der Waals surface area contributed by atoms with Gasteiger partial charge in [0.1, 0.15) is 11.4 Å². The number of anilines is 1. The average Bonchev–Trinajstić information content (AvgIpc) is 2.92. The number of furan rings is 1. The van der Waals surface area contributed by atoms with Gasteiger partial charge in [-0.3, -0.25) is 10.1 Å². The largest absolute Gasteiger partial charge is 0.463 e. The molecule has 110 valence electrons. The third kappa shape index (κ3) is 3.19. The van der Waals surface area contributed by atoms with Crippen LogP contribution in [0.25, 0.3) is 0 Å². The van der Waals surface area contributed by atoms with Crippen LogP contribution in [0.5, 0.6) is 0 Å². The molecule has 0 aliphatic carbocycles. The predicted octanol–water partition coefficient (Wildman–Crippen LogP) is 2.89. The van der Waals surface area contributed by atoms with Crippen LogP contribution < -0.4 is 5.32 Å². The van der Waals surface area contributed by atoms with E-state index in [2.05, 4.69) is 10.1 Å². The van der Waals surface area contributed by atoms with Crippen molar-refractivity contribution in [3.05, 3.63) is 57.5 Å². The summed E-state index contributed by atoms with van der Waals surface area (Å²) in [6.07, 6.45) is 0. The maximum absolute atomic E-state index is 11.3. The van der Waals surface area contributed by atoms with Gasteiger partial charge in [0.05, 0.1) is 18.6 Å². The van der Waals surface area contributed by atoms with Crippen LogP contribution in [0.1, 0.15) is 21.9 Å². The fourth-order valence-corrected chi connectivity index (χ4v) is 1.91. The molecule has 0 fully saturated rings. The van der Waals surface area contributed by atoms with Crippen molar-refractivity contribution in [1.29, 1.82) is 0 Å². The Kier molecular flexibility index (Phi) is 4.22. The molecular formula is C14H14N2O5. The molecule has 0 saturated heterocycles. The molecule has 2 rings (SSSR count). The number of hydrogen-bond acceptors (Lipinski definition) is 6. The van der Waals surface area contributed by atoms with Crippen LogP contribution in [-0.4, -0.2) is 18.0 Å². The molecule has 0 aliphatic rings. The minimum Gasteiger partial charge on any atom is -0.463 e. The van der Waals surface area contributed by atoms with E-state index in [4.69, 9.17) is 4.42 Å². The second-order valence-electron chi connectivity index (χ2n) is 4.34. The summed E-state index contributed by atoms with van der Waals surface area (Å²) in [6.45, 7) is 1.90. The Morgan fingerprint density at radius 3 is 2.81 bits per heavy atom. The summed E-state index contributed by atoms with van der Waals surface area (Å²) in [4.78, 5) is 21.9. The highest BCUT2D eigenvalue weighted by Gasteiger charge is 2.17. The molecule has 1 heterocycles. The summed E-state index contributed by atoms with van der Waals surface area (Å²) in [7, 11) is 1.26. The Morgan fingerprint density at radius 2 is 2.14 bits per heavy atom. The lowest BCUT2D eigenvalue weighted by Crippen LogP contribution is -2.03.